The molecule has 1 unspecified atom stereocenters. The van der Waals surface area contributed by atoms with Crippen LogP contribution in [0.2, 0.25) is 0 Å². The number of sulfonamides is 1. The highest BCUT2D eigenvalue weighted by atomic mass is 32.2. The van der Waals surface area contributed by atoms with E-state index in [9.17, 15) is 18.0 Å². The van der Waals surface area contributed by atoms with Crippen molar-refractivity contribution in [3.05, 3.63) is 89.5 Å². The van der Waals surface area contributed by atoms with Gasteiger partial charge < -0.3 is 15.0 Å². The van der Waals surface area contributed by atoms with Crippen molar-refractivity contribution in [1.82, 2.24) is 10.2 Å². The fourth-order valence-corrected chi connectivity index (χ4v) is 5.84. The van der Waals surface area contributed by atoms with Crippen LogP contribution in [-0.4, -0.2) is 51.4 Å². The van der Waals surface area contributed by atoms with E-state index < -0.39 is 28.5 Å². The number of methoxy groups -OCH3 is 1. The minimum atomic E-state index is -4.10. The summed E-state index contributed by atoms with van der Waals surface area (Å²) in [5, 5.41) is 2.94. The molecule has 3 aromatic carbocycles. The molecule has 1 atom stereocenters. The highest BCUT2D eigenvalue weighted by Crippen LogP contribution is 2.26. The molecular formula is C32H41N3O5S. The smallest absolute Gasteiger partial charge is 0.264 e. The molecule has 3 rings (SSSR count). The molecule has 3 aromatic rings. The number of ether oxygens (including phenoxy) is 1. The molecular weight excluding hydrogens is 538 g/mol. The van der Waals surface area contributed by atoms with E-state index in [4.69, 9.17) is 4.74 Å². The Kier molecular flexibility index (Phi) is 11.3. The first-order chi connectivity index (χ1) is 19.6. The summed E-state index contributed by atoms with van der Waals surface area (Å²) in [5.41, 5.74) is 3.05. The number of aryl methyl sites for hydroxylation is 2. The van der Waals surface area contributed by atoms with Crippen LogP contribution in [0.3, 0.4) is 0 Å². The summed E-state index contributed by atoms with van der Waals surface area (Å²) in [6, 6.07) is 20.0. The summed E-state index contributed by atoms with van der Waals surface area (Å²) in [6.45, 7) is 7.85. The van der Waals surface area contributed by atoms with Gasteiger partial charge in [0.2, 0.25) is 11.8 Å². The van der Waals surface area contributed by atoms with Gasteiger partial charge in [0, 0.05) is 13.1 Å². The average Bonchev–Trinajstić information content (AvgIpc) is 2.97. The highest BCUT2D eigenvalue weighted by molar-refractivity contribution is 7.92. The molecule has 0 bridgehead atoms. The lowest BCUT2D eigenvalue weighted by atomic mass is 10.1. The maximum Gasteiger partial charge on any atom is 0.264 e. The zero-order chi connectivity index (χ0) is 30.0. The van der Waals surface area contributed by atoms with E-state index in [-0.39, 0.29) is 17.3 Å². The number of amides is 2. The quantitative estimate of drug-likeness (QED) is 0.264. The number of carbonyl (C=O) groups excluding carboxylic acids is 2. The van der Waals surface area contributed by atoms with Gasteiger partial charge in [0.1, 0.15) is 18.3 Å². The second-order valence-electron chi connectivity index (χ2n) is 10.1. The highest BCUT2D eigenvalue weighted by Gasteiger charge is 2.33. The maximum atomic E-state index is 14.1. The first-order valence-electron chi connectivity index (χ1n) is 14.0. The van der Waals surface area contributed by atoms with Crippen molar-refractivity contribution in [1.29, 1.82) is 0 Å². The minimum absolute atomic E-state index is 0.0857. The topological polar surface area (TPSA) is 96.0 Å². The lowest BCUT2D eigenvalue weighted by Gasteiger charge is -2.33. The number of benzene rings is 3. The molecule has 0 aliphatic heterocycles. The second-order valence-corrected chi connectivity index (χ2v) is 12.0. The normalized spacial score (nSPS) is 11.9. The van der Waals surface area contributed by atoms with Crippen LogP contribution in [0.4, 0.5) is 5.69 Å². The number of carbonyl (C=O) groups is 2. The van der Waals surface area contributed by atoms with Gasteiger partial charge in [-0.2, -0.15) is 0 Å². The molecule has 0 aliphatic rings. The van der Waals surface area contributed by atoms with Crippen LogP contribution in [0.25, 0.3) is 0 Å². The van der Waals surface area contributed by atoms with Gasteiger partial charge in [0.05, 0.1) is 17.7 Å². The van der Waals surface area contributed by atoms with Gasteiger partial charge in [0.15, 0.2) is 0 Å². The summed E-state index contributed by atoms with van der Waals surface area (Å²) in [4.78, 5) is 28.9. The fourth-order valence-electron chi connectivity index (χ4n) is 4.43. The largest absolute Gasteiger partial charge is 0.497 e. The van der Waals surface area contributed by atoms with Crippen LogP contribution >= 0.6 is 0 Å². The number of nitrogens with one attached hydrogen (secondary N) is 1. The Morgan fingerprint density at radius 2 is 1.46 bits per heavy atom. The van der Waals surface area contributed by atoms with Crippen LogP contribution in [0, 0.1) is 13.8 Å². The van der Waals surface area contributed by atoms with Crippen molar-refractivity contribution in [2.45, 2.75) is 64.4 Å². The number of rotatable bonds is 14. The lowest BCUT2D eigenvalue weighted by molar-refractivity contribution is -0.140. The third kappa shape index (κ3) is 8.33. The van der Waals surface area contributed by atoms with Gasteiger partial charge in [-0.05, 0) is 68.7 Å². The number of unbranched alkanes of at least 4 members (excludes halogenated alkanes) is 1. The minimum Gasteiger partial charge on any atom is -0.497 e. The molecule has 0 heterocycles. The number of hydrogen-bond donors (Lipinski definition) is 1. The van der Waals surface area contributed by atoms with Crippen LogP contribution in [0.1, 0.15) is 49.8 Å². The Morgan fingerprint density at radius 3 is 2.00 bits per heavy atom. The van der Waals surface area contributed by atoms with Crippen LogP contribution in [0.15, 0.2) is 77.7 Å². The molecule has 41 heavy (non-hydrogen) atoms. The van der Waals surface area contributed by atoms with Crippen LogP contribution in [0.5, 0.6) is 5.75 Å². The Bertz CT molecular complexity index is 1390. The monoisotopic (exact) mass is 579 g/mol. The third-order valence-corrected chi connectivity index (χ3v) is 8.73. The van der Waals surface area contributed by atoms with Gasteiger partial charge in [-0.3, -0.25) is 13.9 Å². The van der Waals surface area contributed by atoms with Gasteiger partial charge >= 0.3 is 0 Å². The summed E-state index contributed by atoms with van der Waals surface area (Å²) in [6.07, 6.45) is 2.12. The van der Waals surface area contributed by atoms with Crippen molar-refractivity contribution in [2.24, 2.45) is 0 Å². The van der Waals surface area contributed by atoms with Gasteiger partial charge in [0.25, 0.3) is 10.0 Å². The SMILES string of the molecule is CCCCNC(=O)C(CC)N(Cc1ccc(OC)cc1)C(=O)CN(c1ccc(C)cc1)S(=O)(=O)c1ccc(C)cc1. The average molecular weight is 580 g/mol. The number of hydrogen-bond acceptors (Lipinski definition) is 5. The number of nitrogens with zero attached hydrogens (tertiary/aromatic N) is 2. The molecule has 0 fully saturated rings. The van der Waals surface area contributed by atoms with E-state index in [0.29, 0.717) is 24.4 Å². The van der Waals surface area contributed by atoms with Crippen LogP contribution in [-0.2, 0) is 26.2 Å². The maximum absolute atomic E-state index is 14.1. The van der Waals surface area contributed by atoms with E-state index in [1.807, 2.05) is 52.0 Å². The fraction of sp³-hybridized carbons (Fsp3) is 0.375. The Labute approximate surface area is 244 Å². The summed E-state index contributed by atoms with van der Waals surface area (Å²) >= 11 is 0. The Balaban J connectivity index is 2.02. The molecule has 9 heteroatoms. The molecule has 8 nitrogen and oxygen atoms in total. The molecule has 220 valence electrons. The van der Waals surface area contributed by atoms with E-state index >= 15 is 0 Å². The van der Waals surface area contributed by atoms with Crippen molar-refractivity contribution in [2.75, 3.05) is 24.5 Å². The van der Waals surface area contributed by atoms with Crippen LogP contribution < -0.4 is 14.4 Å². The second kappa shape index (κ2) is 14.7. The molecule has 0 aromatic heterocycles. The molecule has 2 amide bonds. The van der Waals surface area contributed by atoms with Gasteiger partial charge in [-0.1, -0.05) is 67.8 Å². The molecule has 0 spiro atoms. The molecule has 0 saturated heterocycles. The zero-order valence-corrected chi connectivity index (χ0v) is 25.4. The standard InChI is InChI=1S/C32H41N3O5S/c1-6-8-21-33-32(37)30(7-2)34(22-26-13-17-28(40-5)18-14-26)31(36)23-35(27-15-9-24(3)10-16-27)41(38,39)29-19-11-25(4)12-20-29/h9-20,30H,6-8,21-23H2,1-5H3,(H,33,37). The van der Waals surface area contributed by atoms with Crippen molar-refractivity contribution in [3.63, 3.8) is 0 Å². The number of anilines is 1. The van der Waals surface area contributed by atoms with E-state index in [2.05, 4.69) is 5.32 Å². The summed E-state index contributed by atoms with van der Waals surface area (Å²) in [5.74, 6) is -0.0635. The van der Waals surface area contributed by atoms with Crippen molar-refractivity contribution < 1.29 is 22.7 Å². The van der Waals surface area contributed by atoms with E-state index in [1.54, 1.807) is 55.6 Å². The summed E-state index contributed by atoms with van der Waals surface area (Å²) < 4.78 is 34.2. The molecule has 0 saturated carbocycles. The van der Waals surface area contributed by atoms with E-state index in [1.165, 1.54) is 4.90 Å². The lowest BCUT2D eigenvalue weighted by Crippen LogP contribution is -2.52. The first-order valence-corrected chi connectivity index (χ1v) is 15.4. The van der Waals surface area contributed by atoms with Crippen molar-refractivity contribution >= 4 is 27.5 Å². The van der Waals surface area contributed by atoms with Gasteiger partial charge in [-0.25, -0.2) is 8.42 Å². The van der Waals surface area contributed by atoms with Crippen molar-refractivity contribution in [3.8, 4) is 5.75 Å². The first kappa shape index (κ1) is 31.7. The predicted molar refractivity (Wildman–Crippen MR) is 162 cm³/mol. The molecule has 1 N–H and O–H groups in total. The van der Waals surface area contributed by atoms with Gasteiger partial charge in [-0.15, -0.1) is 0 Å². The molecule has 0 radical (unpaired) electrons. The Hall–Kier alpha value is -3.85. The summed E-state index contributed by atoms with van der Waals surface area (Å²) in [7, 11) is -2.52. The zero-order valence-electron chi connectivity index (χ0n) is 24.6. The molecule has 0 aliphatic carbocycles. The van der Waals surface area contributed by atoms with E-state index in [0.717, 1.165) is 33.8 Å². The predicted octanol–water partition coefficient (Wildman–Crippen LogP) is 5.23. The Morgan fingerprint density at radius 1 is 0.878 bits per heavy atom. The third-order valence-electron chi connectivity index (χ3n) is 6.94.